The summed E-state index contributed by atoms with van der Waals surface area (Å²) in [5.41, 5.74) is 0.0932. The van der Waals surface area contributed by atoms with Gasteiger partial charge in [-0.2, -0.15) is 0 Å². The van der Waals surface area contributed by atoms with Crippen LogP contribution in [0.15, 0.2) is 17.5 Å². The van der Waals surface area contributed by atoms with E-state index >= 15 is 0 Å². The molecule has 0 aliphatic heterocycles. The lowest BCUT2D eigenvalue weighted by molar-refractivity contribution is -0.920. The van der Waals surface area contributed by atoms with Gasteiger partial charge < -0.3 is 29.8 Å². The molecule has 0 saturated heterocycles. The number of hydroxylamine groups is 3. The highest BCUT2D eigenvalue weighted by molar-refractivity contribution is 7.14. The van der Waals surface area contributed by atoms with E-state index in [1.165, 1.54) is 31.7 Å². The lowest BCUT2D eigenvalue weighted by atomic mass is 10.1. The number of carbonyl (C=O) groups excluding carboxylic acids is 2. The van der Waals surface area contributed by atoms with Crippen molar-refractivity contribution < 1.29 is 28.8 Å². The number of nitrogens with one attached hydrogen (secondary N) is 2. The Hall–Kier alpha value is -2.89. The van der Waals surface area contributed by atoms with Gasteiger partial charge in [0.2, 0.25) is 0 Å². The number of anilines is 1. The van der Waals surface area contributed by atoms with E-state index in [9.17, 15) is 19.9 Å². The molecular formula is C21H30N4O6S. The molecule has 2 aromatic rings. The van der Waals surface area contributed by atoms with Gasteiger partial charge in [-0.3, -0.25) is 14.9 Å². The van der Waals surface area contributed by atoms with Crippen LogP contribution < -0.4 is 20.1 Å². The average Bonchev–Trinajstić information content (AvgIpc) is 3.21. The highest BCUT2D eigenvalue weighted by Gasteiger charge is 2.25. The largest absolute Gasteiger partial charge is 0.632 e. The first-order valence-electron chi connectivity index (χ1n) is 10.1. The minimum Gasteiger partial charge on any atom is -0.632 e. The topological polar surface area (TPSA) is 133 Å². The minimum atomic E-state index is -0.618. The number of methoxy groups -OCH3 is 2. The third kappa shape index (κ3) is 5.67. The van der Waals surface area contributed by atoms with Crippen molar-refractivity contribution >= 4 is 28.3 Å². The summed E-state index contributed by atoms with van der Waals surface area (Å²) in [5, 5.41) is 30.0. The number of aromatic nitrogens is 1. The highest BCUT2D eigenvalue weighted by Crippen LogP contribution is 2.34. The van der Waals surface area contributed by atoms with Crippen molar-refractivity contribution in [2.75, 3.05) is 32.6 Å². The number of nitrogens with zero attached hydrogens (tertiary/aromatic N) is 2. The fourth-order valence-corrected chi connectivity index (χ4v) is 3.88. The number of phenols is 1. The average molecular weight is 467 g/mol. The molecule has 0 bridgehead atoms. The molecule has 10 nitrogen and oxygen atoms in total. The van der Waals surface area contributed by atoms with Gasteiger partial charge in [-0.25, -0.2) is 4.98 Å². The standard InChI is InChI=1S/C21H30N4O6S/c1-12(2)25(29,13(3)4)8-7-22-20(28)15-11-32-21(23-15)24-19(27)14-9-17(30-5)18(31-6)10-16(14)26/h9-13,26H,7-8H2,1-6H3,(H,22,28)(H,23,24,27). The molecule has 11 heteroatoms. The van der Waals surface area contributed by atoms with Crippen molar-refractivity contribution in [1.82, 2.24) is 10.3 Å². The monoisotopic (exact) mass is 466 g/mol. The zero-order valence-corrected chi connectivity index (χ0v) is 19.9. The molecule has 0 spiro atoms. The number of amides is 2. The number of hydrogen-bond donors (Lipinski definition) is 3. The van der Waals surface area contributed by atoms with Gasteiger partial charge in [-0.1, -0.05) is 0 Å². The van der Waals surface area contributed by atoms with E-state index in [2.05, 4.69) is 15.6 Å². The molecule has 2 rings (SSSR count). The molecule has 2 amide bonds. The summed E-state index contributed by atoms with van der Waals surface area (Å²) >= 11 is 1.07. The molecule has 0 saturated carbocycles. The van der Waals surface area contributed by atoms with Crippen LogP contribution in [0.2, 0.25) is 0 Å². The molecule has 0 fully saturated rings. The van der Waals surface area contributed by atoms with E-state index in [1.807, 2.05) is 27.7 Å². The van der Waals surface area contributed by atoms with Gasteiger partial charge in [-0.15, -0.1) is 11.3 Å². The molecule has 1 heterocycles. The molecule has 1 aromatic carbocycles. The predicted molar refractivity (Wildman–Crippen MR) is 122 cm³/mol. The molecule has 176 valence electrons. The van der Waals surface area contributed by atoms with E-state index < -0.39 is 16.5 Å². The van der Waals surface area contributed by atoms with Crippen molar-refractivity contribution in [1.29, 1.82) is 0 Å². The summed E-state index contributed by atoms with van der Waals surface area (Å²) in [6.07, 6.45) is 0. The number of phenolic OH excluding ortho intramolecular Hbond substituents is 1. The van der Waals surface area contributed by atoms with Crippen molar-refractivity contribution in [2.45, 2.75) is 39.8 Å². The number of ether oxygens (including phenoxy) is 2. The maximum atomic E-state index is 12.9. The van der Waals surface area contributed by atoms with Crippen molar-refractivity contribution in [3.8, 4) is 17.2 Å². The summed E-state index contributed by atoms with van der Waals surface area (Å²) < 4.78 is 9.83. The Morgan fingerprint density at radius 1 is 1.12 bits per heavy atom. The molecule has 0 radical (unpaired) electrons. The summed E-state index contributed by atoms with van der Waals surface area (Å²) in [6, 6.07) is 2.38. The SMILES string of the molecule is COc1cc(O)c(C(=O)Nc2nc(C(=O)NCC[N+]([O-])(C(C)C)C(C)C)cs2)cc1OC. The minimum absolute atomic E-state index is 0.0317. The summed E-state index contributed by atoms with van der Waals surface area (Å²) in [7, 11) is 2.83. The summed E-state index contributed by atoms with van der Waals surface area (Å²) in [4.78, 5) is 29.1. The smallest absolute Gasteiger partial charge is 0.271 e. The number of carbonyl (C=O) groups is 2. The second-order valence-electron chi connectivity index (χ2n) is 7.74. The second kappa shape index (κ2) is 10.6. The molecule has 1 aromatic heterocycles. The van der Waals surface area contributed by atoms with Crippen LogP contribution in [0.5, 0.6) is 17.2 Å². The Balaban J connectivity index is 2.02. The number of rotatable bonds is 10. The van der Waals surface area contributed by atoms with Crippen LogP contribution in [-0.2, 0) is 0 Å². The summed E-state index contributed by atoms with van der Waals surface area (Å²) in [5.74, 6) is -0.776. The third-order valence-electron chi connectivity index (χ3n) is 5.20. The van der Waals surface area contributed by atoms with Gasteiger partial charge >= 0.3 is 0 Å². The van der Waals surface area contributed by atoms with Crippen LogP contribution in [0.3, 0.4) is 0 Å². The number of benzene rings is 1. The van der Waals surface area contributed by atoms with Crippen LogP contribution in [0.25, 0.3) is 0 Å². The maximum Gasteiger partial charge on any atom is 0.271 e. The molecule has 3 N–H and O–H groups in total. The van der Waals surface area contributed by atoms with E-state index in [0.29, 0.717) is 0 Å². The van der Waals surface area contributed by atoms with Gasteiger partial charge in [0.05, 0.1) is 45.0 Å². The number of quaternary nitrogens is 1. The molecule has 0 unspecified atom stereocenters. The molecule has 0 aliphatic carbocycles. The van der Waals surface area contributed by atoms with Gasteiger partial charge in [-0.05, 0) is 27.7 Å². The van der Waals surface area contributed by atoms with E-state index in [4.69, 9.17) is 9.47 Å². The van der Waals surface area contributed by atoms with E-state index in [0.717, 1.165) is 11.3 Å². The van der Waals surface area contributed by atoms with Crippen LogP contribution >= 0.6 is 11.3 Å². The number of hydrogen-bond acceptors (Lipinski definition) is 8. The zero-order chi connectivity index (χ0) is 24.1. The van der Waals surface area contributed by atoms with Crippen LogP contribution in [0.1, 0.15) is 48.5 Å². The molecule has 32 heavy (non-hydrogen) atoms. The quantitative estimate of drug-likeness (QED) is 0.362. The first-order chi connectivity index (χ1) is 15.0. The Labute approximate surface area is 191 Å². The zero-order valence-electron chi connectivity index (χ0n) is 19.1. The predicted octanol–water partition coefficient (Wildman–Crippen LogP) is 2.98. The summed E-state index contributed by atoms with van der Waals surface area (Å²) in [6.45, 7) is 7.90. The Morgan fingerprint density at radius 3 is 2.28 bits per heavy atom. The Kier molecular flexibility index (Phi) is 8.42. The van der Waals surface area contributed by atoms with Crippen molar-refractivity contribution in [3.05, 3.63) is 34.0 Å². The Bertz CT molecular complexity index is 952. The van der Waals surface area contributed by atoms with Crippen LogP contribution in [0.4, 0.5) is 5.13 Å². The molecule has 0 aliphatic rings. The third-order valence-corrected chi connectivity index (χ3v) is 5.96. The van der Waals surface area contributed by atoms with Crippen molar-refractivity contribution in [2.24, 2.45) is 0 Å². The fraction of sp³-hybridized carbons (Fsp3) is 0.476. The van der Waals surface area contributed by atoms with Crippen molar-refractivity contribution in [3.63, 3.8) is 0 Å². The fourth-order valence-electron chi connectivity index (χ4n) is 3.20. The Morgan fingerprint density at radius 2 is 1.72 bits per heavy atom. The van der Waals surface area contributed by atoms with Crippen LogP contribution in [0, 0.1) is 5.21 Å². The van der Waals surface area contributed by atoms with Gasteiger partial charge in [0.15, 0.2) is 16.6 Å². The second-order valence-corrected chi connectivity index (χ2v) is 8.60. The first kappa shape index (κ1) is 25.4. The lowest BCUT2D eigenvalue weighted by Crippen LogP contribution is -2.55. The maximum absolute atomic E-state index is 12.9. The first-order valence-corrected chi connectivity index (χ1v) is 11.0. The van der Waals surface area contributed by atoms with Crippen LogP contribution in [-0.4, -0.2) is 65.9 Å². The van der Waals surface area contributed by atoms with E-state index in [-0.39, 0.29) is 58.8 Å². The van der Waals surface area contributed by atoms with Gasteiger partial charge in [0, 0.05) is 17.5 Å². The molecule has 0 atom stereocenters. The number of thiazole rings is 1. The van der Waals surface area contributed by atoms with Gasteiger partial charge in [0.25, 0.3) is 11.8 Å². The highest BCUT2D eigenvalue weighted by atomic mass is 32.1. The lowest BCUT2D eigenvalue weighted by Gasteiger charge is -2.50. The number of aromatic hydroxyl groups is 1. The molecular weight excluding hydrogens is 436 g/mol. The normalized spacial score (nSPS) is 11.5. The van der Waals surface area contributed by atoms with E-state index in [1.54, 1.807) is 0 Å². The van der Waals surface area contributed by atoms with Gasteiger partial charge in [0.1, 0.15) is 11.4 Å².